The van der Waals surface area contributed by atoms with Crippen LogP contribution < -0.4 is 5.32 Å². The van der Waals surface area contributed by atoms with Gasteiger partial charge in [0.2, 0.25) is 0 Å². The van der Waals surface area contributed by atoms with Crippen molar-refractivity contribution in [3.05, 3.63) is 29.9 Å². The Morgan fingerprint density at radius 1 is 1.32 bits per heavy atom. The summed E-state index contributed by atoms with van der Waals surface area (Å²) < 4.78 is 5.18. The third-order valence-corrected chi connectivity index (χ3v) is 2.96. The van der Waals surface area contributed by atoms with Crippen molar-refractivity contribution in [1.29, 1.82) is 0 Å². The summed E-state index contributed by atoms with van der Waals surface area (Å²) in [5.41, 5.74) is 0.174. The van der Waals surface area contributed by atoms with Crippen LogP contribution >= 0.6 is 11.3 Å². The van der Waals surface area contributed by atoms with Gasteiger partial charge in [0.15, 0.2) is 5.82 Å². The first-order chi connectivity index (χ1) is 8.94. The Hall–Kier alpha value is -1.95. The number of carbonyl (C=O) groups is 1. The molecule has 2 rings (SSSR count). The maximum absolute atomic E-state index is 11.6. The molecule has 2 aromatic heterocycles. The van der Waals surface area contributed by atoms with Crippen LogP contribution in [0.1, 0.15) is 20.8 Å². The van der Waals surface area contributed by atoms with E-state index in [1.165, 1.54) is 11.3 Å². The van der Waals surface area contributed by atoms with Gasteiger partial charge in [0, 0.05) is 17.8 Å². The fourth-order valence-electron chi connectivity index (χ4n) is 1.37. The van der Waals surface area contributed by atoms with E-state index in [1.807, 2.05) is 32.2 Å². The maximum atomic E-state index is 11.6. The highest BCUT2D eigenvalue weighted by molar-refractivity contribution is 7.14. The van der Waals surface area contributed by atoms with Gasteiger partial charge in [-0.05, 0) is 32.9 Å². The summed E-state index contributed by atoms with van der Waals surface area (Å²) in [6.45, 7) is 5.47. The fourth-order valence-corrected chi connectivity index (χ4v) is 2.15. The third kappa shape index (κ3) is 4.03. The number of thiophene rings is 1. The molecule has 0 bridgehead atoms. The molecule has 0 saturated carbocycles. The van der Waals surface area contributed by atoms with Gasteiger partial charge in [-0.15, -0.1) is 11.3 Å². The average Bonchev–Trinajstić information content (AvgIpc) is 2.76. The zero-order valence-corrected chi connectivity index (χ0v) is 11.8. The summed E-state index contributed by atoms with van der Waals surface area (Å²) in [4.78, 5) is 20.8. The number of nitrogens with zero attached hydrogens (tertiary/aromatic N) is 2. The standard InChI is InChI=1S/C13H15N3O2S/c1-13(2,3)18-12(17)16-9-7-10(19-8-9)11-14-5-4-6-15-11/h4-8H,1-3H3,(H,16,17). The van der Waals surface area contributed by atoms with Crippen LogP contribution in [0.2, 0.25) is 0 Å². The predicted octanol–water partition coefficient (Wildman–Crippen LogP) is 3.55. The highest BCUT2D eigenvalue weighted by Crippen LogP contribution is 2.27. The molecule has 1 N–H and O–H groups in total. The van der Waals surface area contributed by atoms with Crippen molar-refractivity contribution in [3.8, 4) is 10.7 Å². The van der Waals surface area contributed by atoms with Crippen molar-refractivity contribution >= 4 is 23.1 Å². The van der Waals surface area contributed by atoms with E-state index < -0.39 is 11.7 Å². The number of nitrogens with one attached hydrogen (secondary N) is 1. The summed E-state index contributed by atoms with van der Waals surface area (Å²) in [5, 5.41) is 4.51. The summed E-state index contributed by atoms with van der Waals surface area (Å²) in [6.07, 6.45) is 2.90. The van der Waals surface area contributed by atoms with E-state index in [9.17, 15) is 4.79 Å². The molecule has 0 aliphatic rings. The molecule has 0 fully saturated rings. The van der Waals surface area contributed by atoms with Gasteiger partial charge in [-0.25, -0.2) is 14.8 Å². The largest absolute Gasteiger partial charge is 0.444 e. The van der Waals surface area contributed by atoms with Gasteiger partial charge in [0.1, 0.15) is 5.60 Å². The van der Waals surface area contributed by atoms with E-state index >= 15 is 0 Å². The van der Waals surface area contributed by atoms with E-state index in [4.69, 9.17) is 4.74 Å². The second-order valence-electron chi connectivity index (χ2n) is 4.90. The lowest BCUT2D eigenvalue weighted by Gasteiger charge is -2.19. The molecule has 6 heteroatoms. The topological polar surface area (TPSA) is 64.1 Å². The Balaban J connectivity index is 2.04. The number of hydrogen-bond acceptors (Lipinski definition) is 5. The molecule has 0 aromatic carbocycles. The van der Waals surface area contributed by atoms with Gasteiger partial charge in [0.25, 0.3) is 0 Å². The molecule has 0 aliphatic heterocycles. The lowest BCUT2D eigenvalue weighted by molar-refractivity contribution is 0.0636. The van der Waals surface area contributed by atoms with Crippen LogP contribution in [0.4, 0.5) is 10.5 Å². The molecule has 0 spiro atoms. The van der Waals surface area contributed by atoms with Crippen LogP contribution in [0.15, 0.2) is 29.9 Å². The normalized spacial score (nSPS) is 11.1. The smallest absolute Gasteiger partial charge is 0.412 e. The predicted molar refractivity (Wildman–Crippen MR) is 75.2 cm³/mol. The first kappa shape index (κ1) is 13.5. The molecular weight excluding hydrogens is 262 g/mol. The number of amides is 1. The maximum Gasteiger partial charge on any atom is 0.412 e. The molecule has 100 valence electrons. The van der Waals surface area contributed by atoms with Crippen molar-refractivity contribution in [2.45, 2.75) is 26.4 Å². The van der Waals surface area contributed by atoms with E-state index in [-0.39, 0.29) is 0 Å². The highest BCUT2D eigenvalue weighted by atomic mass is 32.1. The lowest BCUT2D eigenvalue weighted by Crippen LogP contribution is -2.27. The summed E-state index contributed by atoms with van der Waals surface area (Å²) in [7, 11) is 0. The Morgan fingerprint density at radius 2 is 2.00 bits per heavy atom. The van der Waals surface area contributed by atoms with Crippen LogP contribution in [0.3, 0.4) is 0 Å². The minimum Gasteiger partial charge on any atom is -0.444 e. The zero-order chi connectivity index (χ0) is 13.9. The van der Waals surface area contributed by atoms with Crippen LogP contribution in [-0.2, 0) is 4.74 Å². The Kier molecular flexibility index (Phi) is 3.80. The van der Waals surface area contributed by atoms with Crippen LogP contribution in [0.5, 0.6) is 0 Å². The molecule has 1 amide bonds. The molecule has 19 heavy (non-hydrogen) atoms. The van der Waals surface area contributed by atoms with Crippen LogP contribution in [-0.4, -0.2) is 21.7 Å². The van der Waals surface area contributed by atoms with Gasteiger partial charge in [0.05, 0.1) is 10.6 Å². The van der Waals surface area contributed by atoms with Crippen molar-refractivity contribution in [3.63, 3.8) is 0 Å². The Morgan fingerprint density at radius 3 is 2.63 bits per heavy atom. The van der Waals surface area contributed by atoms with Gasteiger partial charge < -0.3 is 4.74 Å². The SMILES string of the molecule is CC(C)(C)OC(=O)Nc1csc(-c2ncccn2)c1. The first-order valence-corrected chi connectivity index (χ1v) is 6.68. The third-order valence-electron chi connectivity index (χ3n) is 2.03. The summed E-state index contributed by atoms with van der Waals surface area (Å²) in [5.74, 6) is 0.643. The quantitative estimate of drug-likeness (QED) is 0.911. The van der Waals surface area contributed by atoms with Crippen LogP contribution in [0.25, 0.3) is 10.7 Å². The molecular formula is C13H15N3O2S. The minimum atomic E-state index is -0.508. The van der Waals surface area contributed by atoms with Gasteiger partial charge in [-0.1, -0.05) is 0 Å². The molecule has 5 nitrogen and oxygen atoms in total. The molecule has 0 atom stereocenters. The number of aromatic nitrogens is 2. The fraction of sp³-hybridized carbons (Fsp3) is 0.308. The molecule has 0 saturated heterocycles. The van der Waals surface area contributed by atoms with Crippen molar-refractivity contribution < 1.29 is 9.53 Å². The van der Waals surface area contributed by atoms with Crippen LogP contribution in [0, 0.1) is 0 Å². The lowest BCUT2D eigenvalue weighted by atomic mass is 10.2. The van der Waals surface area contributed by atoms with E-state index in [2.05, 4.69) is 15.3 Å². The van der Waals surface area contributed by atoms with E-state index in [0.717, 1.165) is 4.88 Å². The zero-order valence-electron chi connectivity index (χ0n) is 11.0. The molecule has 0 radical (unpaired) electrons. The monoisotopic (exact) mass is 277 g/mol. The Labute approximate surface area is 115 Å². The molecule has 0 aliphatic carbocycles. The number of anilines is 1. The molecule has 0 unspecified atom stereocenters. The highest BCUT2D eigenvalue weighted by Gasteiger charge is 2.16. The first-order valence-electron chi connectivity index (χ1n) is 5.80. The van der Waals surface area contributed by atoms with Crippen molar-refractivity contribution in [2.75, 3.05) is 5.32 Å². The minimum absolute atomic E-state index is 0.467. The van der Waals surface area contributed by atoms with Crippen molar-refractivity contribution in [2.24, 2.45) is 0 Å². The molecule has 2 heterocycles. The second-order valence-corrected chi connectivity index (χ2v) is 5.81. The number of carbonyl (C=O) groups excluding carboxylic acids is 1. The van der Waals surface area contributed by atoms with E-state index in [0.29, 0.717) is 11.5 Å². The van der Waals surface area contributed by atoms with Gasteiger partial charge >= 0.3 is 6.09 Å². The number of rotatable bonds is 2. The number of ether oxygens (including phenoxy) is 1. The second kappa shape index (κ2) is 5.36. The van der Waals surface area contributed by atoms with E-state index in [1.54, 1.807) is 18.5 Å². The molecule has 2 aromatic rings. The van der Waals surface area contributed by atoms with Crippen molar-refractivity contribution in [1.82, 2.24) is 9.97 Å². The van der Waals surface area contributed by atoms with Gasteiger partial charge in [-0.3, -0.25) is 5.32 Å². The summed E-state index contributed by atoms with van der Waals surface area (Å²) >= 11 is 1.47. The Bertz CT molecular complexity index is 561. The average molecular weight is 277 g/mol. The van der Waals surface area contributed by atoms with Gasteiger partial charge in [-0.2, -0.15) is 0 Å². The number of hydrogen-bond donors (Lipinski definition) is 1. The summed E-state index contributed by atoms with van der Waals surface area (Å²) in [6, 6.07) is 3.58.